The van der Waals surface area contributed by atoms with Crippen LogP contribution in [0.3, 0.4) is 0 Å². The van der Waals surface area contributed by atoms with E-state index in [1.54, 1.807) is 20.8 Å². The van der Waals surface area contributed by atoms with Crippen LogP contribution < -0.4 is 5.32 Å². The predicted octanol–water partition coefficient (Wildman–Crippen LogP) is 3.83. The fourth-order valence-corrected chi connectivity index (χ4v) is 2.63. The molecule has 7 heteroatoms. The molecular weight excluding hydrogens is 416 g/mol. The van der Waals surface area contributed by atoms with Crippen molar-refractivity contribution < 1.29 is 14.7 Å². The van der Waals surface area contributed by atoms with Gasteiger partial charge in [0.2, 0.25) is 0 Å². The number of aliphatic carboxylic acids is 1. The molecule has 4 nitrogen and oxygen atoms in total. The van der Waals surface area contributed by atoms with Crippen molar-refractivity contribution in [2.75, 3.05) is 0 Å². The maximum Gasteiger partial charge on any atom is 0.326 e. The molecule has 0 bridgehead atoms. The largest absolute Gasteiger partial charge is 0.480 e. The highest BCUT2D eigenvalue weighted by Gasteiger charge is 2.33. The minimum atomic E-state index is -1.09. The molecule has 1 rings (SSSR count). The molecule has 110 valence electrons. The van der Waals surface area contributed by atoms with Crippen molar-refractivity contribution in [3.05, 3.63) is 31.3 Å². The molecule has 0 aromatic heterocycles. The van der Waals surface area contributed by atoms with Crippen LogP contribution in [0.4, 0.5) is 0 Å². The van der Waals surface area contributed by atoms with Crippen molar-refractivity contribution in [3.8, 4) is 0 Å². The van der Waals surface area contributed by atoms with Gasteiger partial charge in [-0.25, -0.2) is 4.79 Å². The molecule has 1 aromatic carbocycles. The first kappa shape index (κ1) is 17.5. The average Bonchev–Trinajstić information content (AvgIpc) is 2.28. The normalized spacial score (nSPS) is 12.9. The highest BCUT2D eigenvalue weighted by molar-refractivity contribution is 14.1. The molecule has 0 saturated heterocycles. The van der Waals surface area contributed by atoms with E-state index in [9.17, 15) is 14.7 Å². The fraction of sp³-hybridized carbons (Fsp3) is 0.385. The number of carboxylic acid groups (broad SMARTS) is 1. The topological polar surface area (TPSA) is 66.4 Å². The van der Waals surface area contributed by atoms with Gasteiger partial charge < -0.3 is 10.4 Å². The van der Waals surface area contributed by atoms with Crippen LogP contribution in [-0.4, -0.2) is 23.0 Å². The minimum absolute atomic E-state index is 0.263. The number of rotatable bonds is 3. The smallest absolute Gasteiger partial charge is 0.326 e. The number of carbonyl (C=O) groups excluding carboxylic acids is 1. The van der Waals surface area contributed by atoms with E-state index in [-0.39, 0.29) is 5.56 Å². The quantitative estimate of drug-likeness (QED) is 0.566. The summed E-state index contributed by atoms with van der Waals surface area (Å²) in [6, 6.07) is 1.98. The maximum absolute atomic E-state index is 12.2. The highest BCUT2D eigenvalue weighted by atomic mass is 127. The first-order valence-electron chi connectivity index (χ1n) is 5.72. The van der Waals surface area contributed by atoms with Gasteiger partial charge >= 0.3 is 5.97 Å². The SMILES string of the molecule is CC(C)(C)[C@H](NC(=O)c1cc(Cl)cc(Cl)c1I)C(=O)O. The Balaban J connectivity index is 3.11. The molecule has 0 aliphatic carbocycles. The monoisotopic (exact) mass is 429 g/mol. The maximum atomic E-state index is 12.2. The van der Waals surface area contributed by atoms with Crippen LogP contribution in [0, 0.1) is 8.99 Å². The van der Waals surface area contributed by atoms with Crippen LogP contribution in [0.5, 0.6) is 0 Å². The molecule has 0 saturated carbocycles. The third-order valence-electron chi connectivity index (χ3n) is 2.63. The Morgan fingerprint density at radius 3 is 2.30 bits per heavy atom. The Morgan fingerprint density at radius 1 is 1.30 bits per heavy atom. The third kappa shape index (κ3) is 4.23. The summed E-state index contributed by atoms with van der Waals surface area (Å²) in [5.74, 6) is -1.60. The number of halogens is 3. The second-order valence-electron chi connectivity index (χ2n) is 5.36. The number of hydrogen-bond donors (Lipinski definition) is 2. The molecule has 0 aliphatic heterocycles. The van der Waals surface area contributed by atoms with Crippen LogP contribution in [0.25, 0.3) is 0 Å². The molecule has 0 spiro atoms. The van der Waals surface area contributed by atoms with E-state index in [0.29, 0.717) is 13.6 Å². The Hall–Kier alpha value is -0.530. The fourth-order valence-electron chi connectivity index (χ4n) is 1.58. The molecular formula is C13H14Cl2INO3. The molecule has 0 unspecified atom stereocenters. The Morgan fingerprint density at radius 2 is 1.85 bits per heavy atom. The lowest BCUT2D eigenvalue weighted by atomic mass is 9.86. The summed E-state index contributed by atoms with van der Waals surface area (Å²) in [4.78, 5) is 23.5. The Bertz CT molecular complexity index is 555. The van der Waals surface area contributed by atoms with E-state index in [1.807, 2.05) is 22.6 Å². The van der Waals surface area contributed by atoms with Crippen molar-refractivity contribution in [1.82, 2.24) is 5.32 Å². The predicted molar refractivity (Wildman–Crippen MR) is 87.5 cm³/mol. The third-order valence-corrected chi connectivity index (χ3v) is 4.62. The molecule has 1 amide bonds. The van der Waals surface area contributed by atoms with Gasteiger partial charge in [-0.2, -0.15) is 0 Å². The summed E-state index contributed by atoms with van der Waals surface area (Å²) in [5, 5.41) is 12.4. The van der Waals surface area contributed by atoms with Gasteiger partial charge in [-0.3, -0.25) is 4.79 Å². The zero-order valence-electron chi connectivity index (χ0n) is 11.1. The van der Waals surface area contributed by atoms with Gasteiger partial charge in [-0.15, -0.1) is 0 Å². The van der Waals surface area contributed by atoms with E-state index in [4.69, 9.17) is 23.2 Å². The summed E-state index contributed by atoms with van der Waals surface area (Å²) in [6.07, 6.45) is 0. The number of carboxylic acids is 1. The summed E-state index contributed by atoms with van der Waals surface area (Å²) in [7, 11) is 0. The van der Waals surface area contributed by atoms with E-state index < -0.39 is 23.3 Å². The standard InChI is InChI=1S/C13H14Cl2INO3/c1-13(2,3)10(12(19)20)17-11(18)7-4-6(14)5-8(15)9(7)16/h4-5,10H,1-3H3,(H,17,18)(H,19,20)/t10-/m1/s1. The van der Waals surface area contributed by atoms with E-state index in [0.717, 1.165) is 0 Å². The number of nitrogens with one attached hydrogen (secondary N) is 1. The van der Waals surface area contributed by atoms with Gasteiger partial charge in [-0.05, 0) is 40.1 Å². The van der Waals surface area contributed by atoms with Crippen LogP contribution >= 0.6 is 45.8 Å². The Labute approximate surface area is 141 Å². The number of carbonyl (C=O) groups is 2. The van der Waals surface area contributed by atoms with E-state index >= 15 is 0 Å². The summed E-state index contributed by atoms with van der Waals surface area (Å²) in [6.45, 7) is 5.21. The van der Waals surface area contributed by atoms with E-state index in [1.165, 1.54) is 12.1 Å². The lowest BCUT2D eigenvalue weighted by Crippen LogP contribution is -2.49. The first-order valence-corrected chi connectivity index (χ1v) is 7.55. The summed E-state index contributed by atoms with van der Waals surface area (Å²) in [5.41, 5.74) is -0.353. The van der Waals surface area contributed by atoms with Crippen LogP contribution in [0.2, 0.25) is 10.0 Å². The summed E-state index contributed by atoms with van der Waals surface area (Å²) < 4.78 is 0.532. The second-order valence-corrected chi connectivity index (χ2v) is 7.28. The second kappa shape index (κ2) is 6.49. The Kier molecular flexibility index (Phi) is 5.69. The molecule has 0 aliphatic rings. The van der Waals surface area contributed by atoms with Crippen molar-refractivity contribution in [2.45, 2.75) is 26.8 Å². The summed E-state index contributed by atoms with van der Waals surface area (Å²) >= 11 is 13.8. The number of hydrogen-bond acceptors (Lipinski definition) is 2. The van der Waals surface area contributed by atoms with Gasteiger partial charge in [0.1, 0.15) is 6.04 Å². The molecule has 2 N–H and O–H groups in total. The molecule has 0 heterocycles. The van der Waals surface area contributed by atoms with Crippen LogP contribution in [0.1, 0.15) is 31.1 Å². The number of amides is 1. The molecule has 20 heavy (non-hydrogen) atoms. The zero-order valence-corrected chi connectivity index (χ0v) is 14.8. The van der Waals surface area contributed by atoms with Gasteiger partial charge in [0, 0.05) is 8.59 Å². The molecule has 0 fully saturated rings. The van der Waals surface area contributed by atoms with Gasteiger partial charge in [0.05, 0.1) is 10.6 Å². The van der Waals surface area contributed by atoms with Gasteiger partial charge in [0.25, 0.3) is 5.91 Å². The van der Waals surface area contributed by atoms with E-state index in [2.05, 4.69) is 5.32 Å². The zero-order chi connectivity index (χ0) is 15.7. The molecule has 1 aromatic rings. The average molecular weight is 430 g/mol. The lowest BCUT2D eigenvalue weighted by Gasteiger charge is -2.28. The van der Waals surface area contributed by atoms with Gasteiger partial charge in [0.15, 0.2) is 0 Å². The van der Waals surface area contributed by atoms with Crippen LogP contribution in [0.15, 0.2) is 12.1 Å². The van der Waals surface area contributed by atoms with Crippen molar-refractivity contribution >= 4 is 57.7 Å². The van der Waals surface area contributed by atoms with Crippen molar-refractivity contribution in [3.63, 3.8) is 0 Å². The lowest BCUT2D eigenvalue weighted by molar-refractivity contribution is -0.142. The first-order chi connectivity index (χ1) is 9.04. The van der Waals surface area contributed by atoms with Crippen molar-refractivity contribution in [1.29, 1.82) is 0 Å². The van der Waals surface area contributed by atoms with Crippen molar-refractivity contribution in [2.24, 2.45) is 5.41 Å². The molecule has 0 radical (unpaired) electrons. The van der Waals surface area contributed by atoms with Crippen LogP contribution in [-0.2, 0) is 4.79 Å². The highest BCUT2D eigenvalue weighted by Crippen LogP contribution is 2.27. The minimum Gasteiger partial charge on any atom is -0.480 e. The van der Waals surface area contributed by atoms with Gasteiger partial charge in [-0.1, -0.05) is 44.0 Å². The number of benzene rings is 1. The molecule has 1 atom stereocenters.